The van der Waals surface area contributed by atoms with Crippen LogP contribution in [0, 0.1) is 12.8 Å². The van der Waals surface area contributed by atoms with Gasteiger partial charge >= 0.3 is 6.18 Å². The molecule has 1 saturated heterocycles. The molecule has 1 aliphatic heterocycles. The Hall–Kier alpha value is -1.07. The van der Waals surface area contributed by atoms with Crippen LogP contribution in [0.5, 0.6) is 0 Å². The maximum absolute atomic E-state index is 12.6. The Morgan fingerprint density at radius 2 is 2.05 bits per heavy atom. The van der Waals surface area contributed by atoms with E-state index in [-0.39, 0.29) is 12.0 Å². The number of ether oxygens (including phenoxy) is 1. The monoisotopic (exact) mass is 274 g/mol. The van der Waals surface area contributed by atoms with Crippen molar-refractivity contribution >= 4 is 0 Å². The molecular formula is C14H17F3O2. The quantitative estimate of drug-likeness (QED) is 0.894. The first-order chi connectivity index (χ1) is 8.79. The van der Waals surface area contributed by atoms with Crippen molar-refractivity contribution in [3.8, 4) is 0 Å². The van der Waals surface area contributed by atoms with Crippen LogP contribution in [-0.2, 0) is 10.9 Å². The zero-order valence-electron chi connectivity index (χ0n) is 10.9. The number of rotatable bonds is 2. The van der Waals surface area contributed by atoms with E-state index in [9.17, 15) is 18.3 Å². The molecule has 3 unspecified atom stereocenters. The van der Waals surface area contributed by atoms with E-state index < -0.39 is 17.8 Å². The molecule has 0 aromatic heterocycles. The van der Waals surface area contributed by atoms with Crippen molar-refractivity contribution in [3.63, 3.8) is 0 Å². The molecule has 0 radical (unpaired) electrons. The predicted molar refractivity (Wildman–Crippen MR) is 64.7 cm³/mol. The van der Waals surface area contributed by atoms with Gasteiger partial charge < -0.3 is 9.84 Å². The molecule has 1 aromatic carbocycles. The van der Waals surface area contributed by atoms with Gasteiger partial charge in [0.2, 0.25) is 0 Å². The minimum atomic E-state index is -4.35. The van der Waals surface area contributed by atoms with Crippen LogP contribution in [0.3, 0.4) is 0 Å². The second-order valence-corrected chi connectivity index (χ2v) is 5.15. The summed E-state index contributed by atoms with van der Waals surface area (Å²) in [6, 6.07) is 3.47. The smallest absolute Gasteiger partial charge is 0.388 e. The third-order valence-electron chi connectivity index (χ3n) is 3.59. The topological polar surface area (TPSA) is 29.5 Å². The summed E-state index contributed by atoms with van der Waals surface area (Å²) in [6.07, 6.45) is -4.30. The lowest BCUT2D eigenvalue weighted by Gasteiger charge is -2.20. The number of aliphatic hydroxyl groups is 1. The van der Waals surface area contributed by atoms with Gasteiger partial charge in [0, 0.05) is 5.92 Å². The van der Waals surface area contributed by atoms with Gasteiger partial charge in [-0.2, -0.15) is 13.2 Å². The molecule has 1 heterocycles. The van der Waals surface area contributed by atoms with Crippen LogP contribution in [0.4, 0.5) is 13.2 Å². The molecule has 2 rings (SSSR count). The highest BCUT2D eigenvalue weighted by atomic mass is 19.4. The van der Waals surface area contributed by atoms with Crippen molar-refractivity contribution < 1.29 is 23.0 Å². The molecule has 1 aliphatic rings. The Morgan fingerprint density at radius 1 is 1.37 bits per heavy atom. The van der Waals surface area contributed by atoms with E-state index in [1.165, 1.54) is 6.07 Å². The summed E-state index contributed by atoms with van der Waals surface area (Å²) in [5.41, 5.74) is 0.328. The molecule has 0 amide bonds. The number of aryl methyl sites for hydroxylation is 1. The molecule has 5 heteroatoms. The average Bonchev–Trinajstić information content (AvgIpc) is 2.73. The summed E-state index contributed by atoms with van der Waals surface area (Å²) >= 11 is 0. The predicted octanol–water partition coefficient (Wildman–Crippen LogP) is 3.47. The molecule has 0 saturated carbocycles. The molecule has 1 N–H and O–H groups in total. The summed E-state index contributed by atoms with van der Waals surface area (Å²) in [5, 5.41) is 10.3. The second kappa shape index (κ2) is 5.13. The van der Waals surface area contributed by atoms with Gasteiger partial charge in [0.1, 0.15) is 0 Å². The van der Waals surface area contributed by atoms with Crippen molar-refractivity contribution in [1.29, 1.82) is 0 Å². The Morgan fingerprint density at radius 3 is 2.53 bits per heavy atom. The average molecular weight is 274 g/mol. The molecule has 1 fully saturated rings. The zero-order chi connectivity index (χ0) is 14.2. The Kier molecular flexibility index (Phi) is 3.87. The minimum Gasteiger partial charge on any atom is -0.388 e. The van der Waals surface area contributed by atoms with Crippen LogP contribution in [0.1, 0.15) is 36.1 Å². The fourth-order valence-electron chi connectivity index (χ4n) is 2.51. The molecule has 3 atom stereocenters. The molecule has 106 valence electrons. The number of hydrogen-bond acceptors (Lipinski definition) is 2. The maximum Gasteiger partial charge on any atom is 0.416 e. The van der Waals surface area contributed by atoms with E-state index in [1.54, 1.807) is 6.92 Å². The number of halogens is 3. The maximum atomic E-state index is 12.6. The zero-order valence-corrected chi connectivity index (χ0v) is 10.9. The van der Waals surface area contributed by atoms with E-state index >= 15 is 0 Å². The van der Waals surface area contributed by atoms with Crippen molar-refractivity contribution in [1.82, 2.24) is 0 Å². The van der Waals surface area contributed by atoms with E-state index in [2.05, 4.69) is 0 Å². The van der Waals surface area contributed by atoms with Crippen molar-refractivity contribution in [2.75, 3.05) is 6.61 Å². The Balaban J connectivity index is 2.21. The summed E-state index contributed by atoms with van der Waals surface area (Å²) < 4.78 is 43.1. The van der Waals surface area contributed by atoms with E-state index in [4.69, 9.17) is 4.74 Å². The first-order valence-corrected chi connectivity index (χ1v) is 6.26. The van der Waals surface area contributed by atoms with Crippen LogP contribution in [0.25, 0.3) is 0 Å². The first kappa shape index (κ1) is 14.3. The fourth-order valence-corrected chi connectivity index (χ4v) is 2.51. The third-order valence-corrected chi connectivity index (χ3v) is 3.59. The Bertz CT molecular complexity index is 456. The number of aliphatic hydroxyl groups excluding tert-OH is 1. The van der Waals surface area contributed by atoms with Crippen LogP contribution in [0.15, 0.2) is 18.2 Å². The summed E-state index contributed by atoms with van der Waals surface area (Å²) in [5.74, 6) is -0.0505. The molecule has 0 bridgehead atoms. The molecule has 0 spiro atoms. The lowest BCUT2D eigenvalue weighted by atomic mass is 9.90. The lowest BCUT2D eigenvalue weighted by molar-refractivity contribution is -0.137. The molecule has 19 heavy (non-hydrogen) atoms. The number of benzene rings is 1. The van der Waals surface area contributed by atoms with Crippen LogP contribution in [-0.4, -0.2) is 17.8 Å². The van der Waals surface area contributed by atoms with Crippen molar-refractivity contribution in [2.24, 2.45) is 5.92 Å². The molecular weight excluding hydrogens is 257 g/mol. The third kappa shape index (κ3) is 3.09. The van der Waals surface area contributed by atoms with Gasteiger partial charge in [-0.1, -0.05) is 6.07 Å². The van der Waals surface area contributed by atoms with Crippen LogP contribution < -0.4 is 0 Å². The van der Waals surface area contributed by atoms with Gasteiger partial charge in [-0.05, 0) is 43.5 Å². The summed E-state index contributed by atoms with van der Waals surface area (Å²) in [6.45, 7) is 3.96. The van der Waals surface area contributed by atoms with Crippen LogP contribution in [0.2, 0.25) is 0 Å². The second-order valence-electron chi connectivity index (χ2n) is 5.15. The highest BCUT2D eigenvalue weighted by molar-refractivity contribution is 5.34. The highest BCUT2D eigenvalue weighted by Gasteiger charge is 2.33. The van der Waals surface area contributed by atoms with Gasteiger partial charge in [0.25, 0.3) is 0 Å². The fraction of sp³-hybridized carbons (Fsp3) is 0.571. The molecule has 1 aromatic rings. The van der Waals surface area contributed by atoms with E-state index in [0.717, 1.165) is 18.6 Å². The SMILES string of the molecule is Cc1cc(C(F)(F)F)ccc1C(O)C1COC(C)C1. The lowest BCUT2D eigenvalue weighted by Crippen LogP contribution is -2.15. The summed E-state index contributed by atoms with van der Waals surface area (Å²) in [4.78, 5) is 0. The standard InChI is InChI=1S/C14H17F3O2/c1-8-5-11(14(15,16)17)3-4-12(8)13(18)10-6-9(2)19-7-10/h3-5,9-10,13,18H,6-7H2,1-2H3. The van der Waals surface area contributed by atoms with Crippen LogP contribution >= 0.6 is 0 Å². The largest absolute Gasteiger partial charge is 0.416 e. The van der Waals surface area contributed by atoms with E-state index in [1.807, 2.05) is 6.92 Å². The molecule has 2 nitrogen and oxygen atoms in total. The minimum absolute atomic E-state index is 0.0505. The van der Waals surface area contributed by atoms with Crippen molar-refractivity contribution in [3.05, 3.63) is 34.9 Å². The van der Waals surface area contributed by atoms with Gasteiger partial charge in [-0.15, -0.1) is 0 Å². The normalized spacial score (nSPS) is 25.6. The van der Waals surface area contributed by atoms with Gasteiger partial charge in [-0.3, -0.25) is 0 Å². The highest BCUT2D eigenvalue weighted by Crippen LogP contribution is 2.36. The van der Waals surface area contributed by atoms with E-state index in [0.29, 0.717) is 17.7 Å². The van der Waals surface area contributed by atoms with Gasteiger partial charge in [0.05, 0.1) is 24.4 Å². The van der Waals surface area contributed by atoms with Gasteiger partial charge in [0.15, 0.2) is 0 Å². The summed E-state index contributed by atoms with van der Waals surface area (Å²) in [7, 11) is 0. The first-order valence-electron chi connectivity index (χ1n) is 6.26. The number of hydrogen-bond donors (Lipinski definition) is 1. The Labute approximate surface area is 110 Å². The molecule has 0 aliphatic carbocycles. The number of alkyl halides is 3. The van der Waals surface area contributed by atoms with Gasteiger partial charge in [-0.25, -0.2) is 0 Å². The van der Waals surface area contributed by atoms with Crippen molar-refractivity contribution in [2.45, 2.75) is 38.7 Å².